The molecule has 2 heterocycles. The van der Waals surface area contributed by atoms with E-state index in [0.29, 0.717) is 30.8 Å². The Labute approximate surface area is 140 Å². The quantitative estimate of drug-likeness (QED) is 0.789. The normalized spacial score (nSPS) is 16.7. The number of piperidine rings is 1. The number of nitriles is 1. The fraction of sp³-hybridized carbons (Fsp3) is 0.625. The number of nitrogens with zero attached hydrogens (tertiary/aromatic N) is 3. The molecule has 23 heavy (non-hydrogen) atoms. The summed E-state index contributed by atoms with van der Waals surface area (Å²) in [6.45, 7) is 4.68. The average Bonchev–Trinajstić information content (AvgIpc) is 2.94. The van der Waals surface area contributed by atoms with Gasteiger partial charge in [0, 0.05) is 13.1 Å². The van der Waals surface area contributed by atoms with Crippen LogP contribution >= 0.6 is 11.3 Å². The van der Waals surface area contributed by atoms with Gasteiger partial charge in [0.1, 0.15) is 4.88 Å². The number of amides is 1. The molecule has 1 saturated heterocycles. The molecule has 124 valence electrons. The van der Waals surface area contributed by atoms with Crippen molar-refractivity contribution in [2.75, 3.05) is 20.2 Å². The lowest BCUT2D eigenvalue weighted by atomic mass is 9.80. The van der Waals surface area contributed by atoms with E-state index >= 15 is 0 Å². The molecule has 0 aliphatic carbocycles. The van der Waals surface area contributed by atoms with Gasteiger partial charge in [-0.2, -0.15) is 5.26 Å². The lowest BCUT2D eigenvalue weighted by Gasteiger charge is -2.35. The van der Waals surface area contributed by atoms with Crippen LogP contribution in [-0.2, 0) is 16.0 Å². The van der Waals surface area contributed by atoms with E-state index < -0.39 is 11.4 Å². The monoisotopic (exact) mass is 335 g/mol. The molecule has 6 nitrogen and oxygen atoms in total. The van der Waals surface area contributed by atoms with Crippen LogP contribution in [0.5, 0.6) is 0 Å². The summed E-state index contributed by atoms with van der Waals surface area (Å²) in [5, 5.41) is 10.3. The number of hydrogen-bond acceptors (Lipinski definition) is 6. The van der Waals surface area contributed by atoms with E-state index in [1.807, 2.05) is 6.92 Å². The van der Waals surface area contributed by atoms with Crippen LogP contribution in [0.3, 0.4) is 0 Å². The molecule has 1 fully saturated rings. The summed E-state index contributed by atoms with van der Waals surface area (Å²) >= 11 is 1.44. The molecule has 1 aromatic rings. The average molecular weight is 335 g/mol. The van der Waals surface area contributed by atoms with Gasteiger partial charge in [0.15, 0.2) is 5.41 Å². The van der Waals surface area contributed by atoms with Crippen LogP contribution in [-0.4, -0.2) is 42.0 Å². The molecule has 1 aliphatic rings. The lowest BCUT2D eigenvalue weighted by Crippen LogP contribution is -2.46. The van der Waals surface area contributed by atoms with E-state index in [2.05, 4.69) is 18.0 Å². The maximum Gasteiger partial charge on any atom is 0.326 e. The van der Waals surface area contributed by atoms with E-state index in [1.165, 1.54) is 18.4 Å². The van der Waals surface area contributed by atoms with E-state index in [9.17, 15) is 14.9 Å². The molecule has 0 spiro atoms. The number of aryl methyl sites for hydroxylation is 2. The Kier molecular flexibility index (Phi) is 5.37. The summed E-state index contributed by atoms with van der Waals surface area (Å²) in [4.78, 5) is 31.3. The summed E-state index contributed by atoms with van der Waals surface area (Å²) in [5.74, 6) is -0.565. The SMILES string of the molecule is CCCc1nc(C)c(C(=O)N2CCC(C#N)(C(=O)OC)CC2)s1. The van der Waals surface area contributed by atoms with Crippen LogP contribution in [0.1, 0.15) is 46.6 Å². The molecule has 2 rings (SSSR count). The molecule has 0 saturated carbocycles. The number of carbonyl (C=O) groups is 2. The maximum atomic E-state index is 12.7. The van der Waals surface area contributed by atoms with Crippen molar-refractivity contribution < 1.29 is 14.3 Å². The molecular weight excluding hydrogens is 314 g/mol. The lowest BCUT2D eigenvalue weighted by molar-refractivity contribution is -0.151. The topological polar surface area (TPSA) is 83.3 Å². The number of likely N-dealkylation sites (tertiary alicyclic amines) is 1. The first-order chi connectivity index (χ1) is 11.0. The minimum absolute atomic E-state index is 0.0567. The van der Waals surface area contributed by atoms with Gasteiger partial charge in [-0.25, -0.2) is 4.98 Å². The summed E-state index contributed by atoms with van der Waals surface area (Å²) in [5.41, 5.74) is -0.365. The second kappa shape index (κ2) is 7.09. The van der Waals surface area contributed by atoms with Crippen molar-refractivity contribution in [1.82, 2.24) is 9.88 Å². The highest BCUT2D eigenvalue weighted by atomic mass is 32.1. The van der Waals surface area contributed by atoms with Crippen molar-refractivity contribution in [2.24, 2.45) is 5.41 Å². The number of methoxy groups -OCH3 is 1. The van der Waals surface area contributed by atoms with Crippen LogP contribution in [0.15, 0.2) is 0 Å². The van der Waals surface area contributed by atoms with Gasteiger partial charge in [0.05, 0.1) is 23.9 Å². The van der Waals surface area contributed by atoms with Crippen molar-refractivity contribution in [2.45, 2.75) is 39.5 Å². The number of rotatable bonds is 4. The molecule has 1 aliphatic heterocycles. The van der Waals surface area contributed by atoms with Crippen molar-refractivity contribution in [3.63, 3.8) is 0 Å². The Morgan fingerprint density at radius 2 is 2.09 bits per heavy atom. The predicted octanol–water partition coefficient (Wildman–Crippen LogP) is 2.32. The largest absolute Gasteiger partial charge is 0.468 e. The van der Waals surface area contributed by atoms with E-state index in [4.69, 9.17) is 4.74 Å². The molecule has 0 atom stereocenters. The fourth-order valence-corrected chi connectivity index (χ4v) is 3.90. The molecule has 0 bridgehead atoms. The van der Waals surface area contributed by atoms with Crippen LogP contribution in [0.25, 0.3) is 0 Å². The number of thiazole rings is 1. The van der Waals surface area contributed by atoms with Crippen molar-refractivity contribution in [3.8, 4) is 6.07 Å². The van der Waals surface area contributed by atoms with Gasteiger partial charge in [-0.05, 0) is 32.6 Å². The first-order valence-electron chi connectivity index (χ1n) is 7.72. The molecular formula is C16H21N3O3S. The molecule has 7 heteroatoms. The van der Waals surface area contributed by atoms with Crippen LogP contribution < -0.4 is 0 Å². The van der Waals surface area contributed by atoms with Crippen LogP contribution in [0, 0.1) is 23.7 Å². The highest BCUT2D eigenvalue weighted by molar-refractivity contribution is 7.13. The second-order valence-corrected chi connectivity index (χ2v) is 6.83. The first-order valence-corrected chi connectivity index (χ1v) is 8.54. The van der Waals surface area contributed by atoms with Crippen LogP contribution in [0.4, 0.5) is 0 Å². The van der Waals surface area contributed by atoms with Gasteiger partial charge in [-0.3, -0.25) is 9.59 Å². The van der Waals surface area contributed by atoms with Crippen LogP contribution in [0.2, 0.25) is 0 Å². The fourth-order valence-electron chi connectivity index (χ4n) is 2.76. The standard InChI is InChI=1S/C16H21N3O3S/c1-4-5-12-18-11(2)13(23-12)14(20)19-8-6-16(10-17,7-9-19)15(21)22-3/h4-9H2,1-3H3. The summed E-state index contributed by atoms with van der Waals surface area (Å²) < 4.78 is 4.74. The number of esters is 1. The molecule has 0 radical (unpaired) electrons. The Morgan fingerprint density at radius 1 is 1.43 bits per heavy atom. The van der Waals surface area contributed by atoms with Gasteiger partial charge in [0.2, 0.25) is 0 Å². The molecule has 0 aromatic carbocycles. The number of aromatic nitrogens is 1. The Hall–Kier alpha value is -1.94. The number of hydrogen-bond donors (Lipinski definition) is 0. The summed E-state index contributed by atoms with van der Waals surface area (Å²) in [6.07, 6.45) is 2.48. The Morgan fingerprint density at radius 3 is 2.61 bits per heavy atom. The zero-order chi connectivity index (χ0) is 17.0. The second-order valence-electron chi connectivity index (χ2n) is 5.75. The highest BCUT2D eigenvalue weighted by Crippen LogP contribution is 2.33. The van der Waals surface area contributed by atoms with Crippen molar-refractivity contribution in [3.05, 3.63) is 15.6 Å². The zero-order valence-electron chi connectivity index (χ0n) is 13.7. The minimum atomic E-state index is -1.12. The van der Waals surface area contributed by atoms with Gasteiger partial charge in [-0.15, -0.1) is 11.3 Å². The molecule has 0 N–H and O–H groups in total. The number of ether oxygens (including phenoxy) is 1. The molecule has 0 unspecified atom stereocenters. The van der Waals surface area contributed by atoms with Crippen molar-refractivity contribution in [1.29, 1.82) is 5.26 Å². The molecule has 1 aromatic heterocycles. The van der Waals surface area contributed by atoms with E-state index in [0.717, 1.165) is 23.5 Å². The maximum absolute atomic E-state index is 12.7. The smallest absolute Gasteiger partial charge is 0.326 e. The summed E-state index contributed by atoms with van der Waals surface area (Å²) in [7, 11) is 1.29. The third-order valence-electron chi connectivity index (χ3n) is 4.19. The summed E-state index contributed by atoms with van der Waals surface area (Å²) in [6, 6.07) is 2.08. The van der Waals surface area contributed by atoms with Gasteiger partial charge in [-0.1, -0.05) is 6.92 Å². The molecule has 1 amide bonds. The number of carbonyl (C=O) groups excluding carboxylic acids is 2. The van der Waals surface area contributed by atoms with Gasteiger partial charge in [0.25, 0.3) is 5.91 Å². The predicted molar refractivity (Wildman–Crippen MR) is 86.0 cm³/mol. The highest BCUT2D eigenvalue weighted by Gasteiger charge is 2.44. The zero-order valence-corrected chi connectivity index (χ0v) is 14.5. The third kappa shape index (κ3) is 3.37. The van der Waals surface area contributed by atoms with Gasteiger partial charge < -0.3 is 9.64 Å². The van der Waals surface area contributed by atoms with Gasteiger partial charge >= 0.3 is 5.97 Å². The minimum Gasteiger partial charge on any atom is -0.468 e. The van der Waals surface area contributed by atoms with E-state index in [-0.39, 0.29) is 5.91 Å². The van der Waals surface area contributed by atoms with Crippen molar-refractivity contribution >= 4 is 23.2 Å². The Balaban J connectivity index is 2.09. The third-order valence-corrected chi connectivity index (χ3v) is 5.40. The van der Waals surface area contributed by atoms with E-state index in [1.54, 1.807) is 4.90 Å². The Bertz CT molecular complexity index is 639. The first kappa shape index (κ1) is 17.4.